The highest BCUT2D eigenvalue weighted by atomic mass is 32.1. The molecule has 1 aliphatic heterocycles. The van der Waals surface area contributed by atoms with Crippen LogP contribution in [-0.2, 0) is 4.74 Å². The van der Waals surface area contributed by atoms with Crippen LogP contribution in [0.25, 0.3) is 21.0 Å². The van der Waals surface area contributed by atoms with E-state index in [2.05, 4.69) is 46.4 Å². The summed E-state index contributed by atoms with van der Waals surface area (Å²) in [4.78, 5) is 30.6. The minimum absolute atomic E-state index is 0.327. The third-order valence-corrected chi connectivity index (χ3v) is 9.73. The van der Waals surface area contributed by atoms with Gasteiger partial charge in [-0.1, -0.05) is 64.4 Å². The highest BCUT2D eigenvalue weighted by molar-refractivity contribution is 7.17. The van der Waals surface area contributed by atoms with Gasteiger partial charge in [-0.25, -0.2) is 9.36 Å². The van der Waals surface area contributed by atoms with Crippen LogP contribution in [0.4, 0.5) is 10.5 Å². The van der Waals surface area contributed by atoms with Crippen molar-refractivity contribution in [3.8, 4) is 5.75 Å². The van der Waals surface area contributed by atoms with Gasteiger partial charge in [0.2, 0.25) is 0 Å². The second-order valence-corrected chi connectivity index (χ2v) is 13.1. The van der Waals surface area contributed by atoms with Crippen molar-refractivity contribution >= 4 is 44.1 Å². The molecule has 0 spiro atoms. The Hall–Kier alpha value is -3.36. The molecule has 2 aromatic heterocycles. The number of pyridine rings is 1. The lowest BCUT2D eigenvalue weighted by atomic mass is 10.1. The standard InChI is InChI=1S/C37H49N3O4S/c1-2-3-4-5-6-7-8-9-11-27-44-37(42)40-34-29-31(18-16-30(34)17-19-36(40)41)43-26-12-10-21-38-22-24-39(25-23-38)33-14-13-15-35-32(33)20-28-45-35/h13-20,28-29H,2-12,21-27H2,1H3. The Morgan fingerprint density at radius 1 is 0.800 bits per heavy atom. The van der Waals surface area contributed by atoms with Crippen LogP contribution in [-0.4, -0.2) is 61.5 Å². The van der Waals surface area contributed by atoms with Crippen molar-refractivity contribution in [3.63, 3.8) is 0 Å². The Bertz CT molecular complexity index is 1560. The predicted molar refractivity (Wildman–Crippen MR) is 187 cm³/mol. The van der Waals surface area contributed by atoms with Gasteiger partial charge in [-0.05, 0) is 73.0 Å². The number of fused-ring (bicyclic) bond motifs is 2. The molecule has 0 radical (unpaired) electrons. The van der Waals surface area contributed by atoms with Gasteiger partial charge >= 0.3 is 6.09 Å². The van der Waals surface area contributed by atoms with Gasteiger partial charge in [-0.2, -0.15) is 0 Å². The minimum Gasteiger partial charge on any atom is -0.494 e. The summed E-state index contributed by atoms with van der Waals surface area (Å²) in [6, 6.07) is 17.6. The number of ether oxygens (including phenoxy) is 2. The third kappa shape index (κ3) is 9.33. The molecule has 0 bridgehead atoms. The maximum absolute atomic E-state index is 12.9. The number of piperazine rings is 1. The average molecular weight is 632 g/mol. The lowest BCUT2D eigenvalue weighted by Crippen LogP contribution is -2.46. The number of carbonyl (C=O) groups is 1. The largest absolute Gasteiger partial charge is 0.494 e. The van der Waals surface area contributed by atoms with Crippen molar-refractivity contribution < 1.29 is 14.3 Å². The van der Waals surface area contributed by atoms with Crippen LogP contribution in [0.1, 0.15) is 77.6 Å². The molecule has 7 nitrogen and oxygen atoms in total. The monoisotopic (exact) mass is 631 g/mol. The number of nitrogens with zero attached hydrogens (tertiary/aromatic N) is 3. The zero-order chi connectivity index (χ0) is 31.3. The van der Waals surface area contributed by atoms with Crippen LogP contribution in [0.3, 0.4) is 0 Å². The Kier molecular flexibility index (Phi) is 12.7. The summed E-state index contributed by atoms with van der Waals surface area (Å²) in [6.07, 6.45) is 12.1. The van der Waals surface area contributed by atoms with E-state index in [0.29, 0.717) is 24.5 Å². The molecule has 0 atom stereocenters. The summed E-state index contributed by atoms with van der Waals surface area (Å²) in [5.74, 6) is 0.657. The van der Waals surface area contributed by atoms with E-state index in [1.165, 1.54) is 60.4 Å². The van der Waals surface area contributed by atoms with Gasteiger partial charge in [0.15, 0.2) is 0 Å². The van der Waals surface area contributed by atoms with Crippen molar-refractivity contribution in [2.45, 2.75) is 77.6 Å². The fourth-order valence-corrected chi connectivity index (χ4v) is 7.03. The van der Waals surface area contributed by atoms with Crippen LogP contribution in [0, 0.1) is 0 Å². The molecule has 0 saturated carbocycles. The molecule has 0 amide bonds. The number of anilines is 1. The van der Waals surface area contributed by atoms with E-state index in [9.17, 15) is 9.59 Å². The van der Waals surface area contributed by atoms with E-state index >= 15 is 0 Å². The second-order valence-electron chi connectivity index (χ2n) is 12.2. The van der Waals surface area contributed by atoms with Crippen molar-refractivity contribution in [1.82, 2.24) is 9.47 Å². The Balaban J connectivity index is 1.02. The molecule has 5 rings (SSSR count). The Labute approximate surface area is 271 Å². The van der Waals surface area contributed by atoms with Crippen LogP contribution < -0.4 is 15.2 Å². The SMILES string of the molecule is CCCCCCCCCCCOC(=O)n1c(=O)ccc2ccc(OCCCCN3CCN(c4cccc5sccc45)CC3)cc21. The van der Waals surface area contributed by atoms with Crippen LogP contribution in [0.15, 0.2) is 64.8 Å². The van der Waals surface area contributed by atoms with Crippen molar-refractivity contribution in [1.29, 1.82) is 0 Å². The fourth-order valence-electron chi connectivity index (χ4n) is 6.22. The van der Waals surface area contributed by atoms with Crippen molar-refractivity contribution in [2.24, 2.45) is 0 Å². The van der Waals surface area contributed by atoms with Crippen LogP contribution >= 0.6 is 11.3 Å². The lowest BCUT2D eigenvalue weighted by Gasteiger charge is -2.36. The van der Waals surface area contributed by atoms with Gasteiger partial charge in [0, 0.05) is 54.1 Å². The van der Waals surface area contributed by atoms with Gasteiger partial charge in [0.1, 0.15) is 5.75 Å². The molecule has 0 N–H and O–H groups in total. The number of thiophene rings is 1. The van der Waals surface area contributed by atoms with Crippen LogP contribution in [0.2, 0.25) is 0 Å². The van der Waals surface area contributed by atoms with E-state index in [1.54, 1.807) is 23.5 Å². The van der Waals surface area contributed by atoms with E-state index in [0.717, 1.165) is 74.8 Å². The Morgan fingerprint density at radius 3 is 2.33 bits per heavy atom. The molecule has 3 heterocycles. The van der Waals surface area contributed by atoms with Gasteiger partial charge in [0.05, 0.1) is 18.7 Å². The first-order chi connectivity index (χ1) is 22.1. The molecule has 1 aliphatic rings. The van der Waals surface area contributed by atoms with Crippen molar-refractivity contribution in [2.75, 3.05) is 50.8 Å². The first-order valence-corrected chi connectivity index (χ1v) is 17.9. The molecule has 2 aromatic carbocycles. The van der Waals surface area contributed by atoms with Crippen LogP contribution in [0.5, 0.6) is 5.75 Å². The maximum atomic E-state index is 12.9. The van der Waals surface area contributed by atoms with Gasteiger partial charge in [-0.3, -0.25) is 9.69 Å². The Morgan fingerprint density at radius 2 is 1.53 bits per heavy atom. The number of hydrogen-bond donors (Lipinski definition) is 0. The number of hydrogen-bond acceptors (Lipinski definition) is 7. The quantitative estimate of drug-likeness (QED) is 0.109. The molecular weight excluding hydrogens is 582 g/mol. The van der Waals surface area contributed by atoms with E-state index in [-0.39, 0.29) is 5.56 Å². The van der Waals surface area contributed by atoms with Gasteiger partial charge in [-0.15, -0.1) is 11.3 Å². The predicted octanol–water partition coefficient (Wildman–Crippen LogP) is 8.71. The highest BCUT2D eigenvalue weighted by Gasteiger charge is 2.19. The number of benzene rings is 2. The minimum atomic E-state index is -0.616. The summed E-state index contributed by atoms with van der Waals surface area (Å²) >= 11 is 1.81. The smallest absolute Gasteiger partial charge is 0.421 e. The number of rotatable bonds is 17. The number of aromatic nitrogens is 1. The van der Waals surface area contributed by atoms with Gasteiger partial charge < -0.3 is 14.4 Å². The fraction of sp³-hybridized carbons (Fsp3) is 0.514. The molecule has 8 heteroatoms. The average Bonchev–Trinajstić information content (AvgIpc) is 3.55. The molecule has 45 heavy (non-hydrogen) atoms. The van der Waals surface area contributed by atoms with E-state index in [4.69, 9.17) is 9.47 Å². The topological polar surface area (TPSA) is 64.0 Å². The van der Waals surface area contributed by atoms with Crippen molar-refractivity contribution in [3.05, 3.63) is 70.3 Å². The van der Waals surface area contributed by atoms with E-state index in [1.807, 2.05) is 12.1 Å². The molecule has 1 saturated heterocycles. The first kappa shape index (κ1) is 33.0. The number of unbranched alkanes of at least 4 members (excludes halogenated alkanes) is 9. The summed E-state index contributed by atoms with van der Waals surface area (Å²) in [6.45, 7) is 8.44. The summed E-state index contributed by atoms with van der Waals surface area (Å²) in [5, 5.41) is 4.35. The second kappa shape index (κ2) is 17.4. The van der Waals surface area contributed by atoms with Gasteiger partial charge in [0.25, 0.3) is 5.56 Å². The van der Waals surface area contributed by atoms with E-state index < -0.39 is 6.09 Å². The summed E-state index contributed by atoms with van der Waals surface area (Å²) < 4.78 is 14.1. The molecule has 0 aliphatic carbocycles. The molecule has 0 unspecified atom stereocenters. The lowest BCUT2D eigenvalue weighted by molar-refractivity contribution is 0.145. The first-order valence-electron chi connectivity index (χ1n) is 17.0. The molecule has 1 fully saturated rings. The summed E-state index contributed by atoms with van der Waals surface area (Å²) in [5.41, 5.74) is 1.49. The zero-order valence-corrected chi connectivity index (χ0v) is 27.7. The molecule has 4 aromatic rings. The number of carbonyl (C=O) groups excluding carboxylic acids is 1. The molecular formula is C37H49N3O4S. The maximum Gasteiger partial charge on any atom is 0.421 e. The molecule has 242 valence electrons. The highest BCUT2D eigenvalue weighted by Crippen LogP contribution is 2.31. The normalized spacial score (nSPS) is 13.9. The summed E-state index contributed by atoms with van der Waals surface area (Å²) in [7, 11) is 0. The third-order valence-electron chi connectivity index (χ3n) is 8.85. The zero-order valence-electron chi connectivity index (χ0n) is 26.9.